The molecule has 0 saturated heterocycles. The highest BCUT2D eigenvalue weighted by Gasteiger charge is 2.34. The lowest BCUT2D eigenvalue weighted by Gasteiger charge is -2.27. The number of rotatable bonds is 10. The van der Waals surface area contributed by atoms with Crippen molar-refractivity contribution in [2.24, 2.45) is 0 Å². The summed E-state index contributed by atoms with van der Waals surface area (Å²) in [5.74, 6) is 0.968. The maximum Gasteiger partial charge on any atom is 0.318 e. The first-order valence-electron chi connectivity index (χ1n) is 10.6. The third-order valence-electron chi connectivity index (χ3n) is 5.14. The Morgan fingerprint density at radius 2 is 1.87 bits per heavy atom. The van der Waals surface area contributed by atoms with Crippen LogP contribution >= 0.6 is 0 Å². The first-order chi connectivity index (χ1) is 14.5. The lowest BCUT2D eigenvalue weighted by molar-refractivity contribution is -0.133. The van der Waals surface area contributed by atoms with Gasteiger partial charge in [0.15, 0.2) is 0 Å². The van der Waals surface area contributed by atoms with Gasteiger partial charge in [-0.25, -0.2) is 9.18 Å². The smallest absolute Gasteiger partial charge is 0.318 e. The number of furan rings is 1. The second-order valence-electron chi connectivity index (χ2n) is 7.83. The number of carbonyl (C=O) groups is 2. The second-order valence-corrected chi connectivity index (χ2v) is 7.83. The lowest BCUT2D eigenvalue weighted by Crippen LogP contribution is -2.47. The van der Waals surface area contributed by atoms with Crippen molar-refractivity contribution in [3.05, 3.63) is 59.3 Å². The number of unbranched alkanes of at least 4 members (excludes halogenated alkanes) is 1. The highest BCUT2D eigenvalue weighted by molar-refractivity contribution is 5.84. The standard InChI is InChI=1S/C23H30FN3O3/c1-3-4-13-25-23(29)27(20-10-11-20)16-22(28)26(15-21-12-5-17(2)30-21)14-18-6-8-19(24)9-7-18/h5-9,12,20H,3-4,10-11,13-16H2,1-2H3,(H,25,29). The summed E-state index contributed by atoms with van der Waals surface area (Å²) >= 11 is 0. The van der Waals surface area contributed by atoms with Gasteiger partial charge in [-0.05, 0) is 56.0 Å². The molecule has 3 amide bonds. The van der Waals surface area contributed by atoms with Crippen molar-refractivity contribution in [2.75, 3.05) is 13.1 Å². The van der Waals surface area contributed by atoms with E-state index in [9.17, 15) is 14.0 Å². The highest BCUT2D eigenvalue weighted by Crippen LogP contribution is 2.27. The van der Waals surface area contributed by atoms with Gasteiger partial charge >= 0.3 is 6.03 Å². The van der Waals surface area contributed by atoms with Crippen molar-refractivity contribution in [3.8, 4) is 0 Å². The first-order valence-corrected chi connectivity index (χ1v) is 10.6. The minimum Gasteiger partial charge on any atom is -0.464 e. The van der Waals surface area contributed by atoms with E-state index in [4.69, 9.17) is 4.42 Å². The molecule has 1 aliphatic carbocycles. The molecule has 3 rings (SSSR count). The molecule has 0 radical (unpaired) electrons. The van der Waals surface area contributed by atoms with Crippen molar-refractivity contribution >= 4 is 11.9 Å². The van der Waals surface area contributed by atoms with Crippen molar-refractivity contribution < 1.29 is 18.4 Å². The van der Waals surface area contributed by atoms with Gasteiger partial charge in [0, 0.05) is 19.1 Å². The molecule has 30 heavy (non-hydrogen) atoms. The van der Waals surface area contributed by atoms with Crippen LogP contribution in [0.15, 0.2) is 40.8 Å². The minimum absolute atomic E-state index is 0.0174. The molecule has 162 valence electrons. The molecule has 1 aromatic heterocycles. The number of aryl methyl sites for hydroxylation is 1. The molecule has 0 atom stereocenters. The van der Waals surface area contributed by atoms with Crippen LogP contribution in [-0.2, 0) is 17.9 Å². The number of hydrogen-bond donors (Lipinski definition) is 1. The first kappa shape index (κ1) is 21.9. The van der Waals surface area contributed by atoms with Crippen molar-refractivity contribution in [1.82, 2.24) is 15.1 Å². The number of carbonyl (C=O) groups excluding carboxylic acids is 2. The maximum atomic E-state index is 13.3. The average molecular weight is 416 g/mol. The van der Waals surface area contributed by atoms with Gasteiger partial charge in [0.2, 0.25) is 5.91 Å². The highest BCUT2D eigenvalue weighted by atomic mass is 19.1. The Bertz CT molecular complexity index is 846. The van der Waals surface area contributed by atoms with Crippen LogP contribution in [0.3, 0.4) is 0 Å². The van der Waals surface area contributed by atoms with E-state index in [1.165, 1.54) is 12.1 Å². The molecule has 1 aromatic carbocycles. The van der Waals surface area contributed by atoms with Crippen molar-refractivity contribution in [2.45, 2.75) is 58.7 Å². The molecule has 0 spiro atoms. The fourth-order valence-corrected chi connectivity index (χ4v) is 3.27. The summed E-state index contributed by atoms with van der Waals surface area (Å²) in [7, 11) is 0. The minimum atomic E-state index is -0.318. The predicted octanol–water partition coefficient (Wildman–Crippen LogP) is 4.23. The largest absolute Gasteiger partial charge is 0.464 e. The van der Waals surface area contributed by atoms with Gasteiger partial charge in [0.1, 0.15) is 23.9 Å². The van der Waals surface area contributed by atoms with Crippen LogP contribution in [0.2, 0.25) is 0 Å². The normalized spacial score (nSPS) is 13.2. The molecule has 7 heteroatoms. The average Bonchev–Trinajstić information content (AvgIpc) is 3.48. The summed E-state index contributed by atoms with van der Waals surface area (Å²) in [6.45, 7) is 5.15. The summed E-state index contributed by atoms with van der Waals surface area (Å²) in [5, 5.41) is 2.91. The molecule has 2 aromatic rings. The van der Waals surface area contributed by atoms with Gasteiger partial charge in [0.05, 0.1) is 6.54 Å². The molecule has 1 saturated carbocycles. The van der Waals surface area contributed by atoms with E-state index in [0.717, 1.165) is 37.0 Å². The molecule has 6 nitrogen and oxygen atoms in total. The van der Waals surface area contributed by atoms with Crippen LogP contribution < -0.4 is 5.32 Å². The number of halogens is 1. The van der Waals surface area contributed by atoms with E-state index in [1.54, 1.807) is 21.9 Å². The lowest BCUT2D eigenvalue weighted by atomic mass is 10.2. The van der Waals surface area contributed by atoms with Crippen LogP contribution in [0.4, 0.5) is 9.18 Å². The Kier molecular flexibility index (Phi) is 7.49. The van der Waals surface area contributed by atoms with Gasteiger partial charge in [0.25, 0.3) is 0 Å². The Morgan fingerprint density at radius 3 is 2.47 bits per heavy atom. The van der Waals surface area contributed by atoms with E-state index in [1.807, 2.05) is 19.1 Å². The van der Waals surface area contributed by atoms with E-state index in [0.29, 0.717) is 25.4 Å². The third-order valence-corrected chi connectivity index (χ3v) is 5.14. The molecule has 1 N–H and O–H groups in total. The molecular weight excluding hydrogens is 385 g/mol. The third kappa shape index (κ3) is 6.34. The summed E-state index contributed by atoms with van der Waals surface area (Å²) in [5.41, 5.74) is 0.818. The number of nitrogens with zero attached hydrogens (tertiary/aromatic N) is 2. The van der Waals surface area contributed by atoms with E-state index in [-0.39, 0.29) is 30.3 Å². The molecule has 1 fully saturated rings. The summed E-state index contributed by atoms with van der Waals surface area (Å²) in [4.78, 5) is 29.1. The fourth-order valence-electron chi connectivity index (χ4n) is 3.27. The van der Waals surface area contributed by atoms with E-state index >= 15 is 0 Å². The van der Waals surface area contributed by atoms with E-state index in [2.05, 4.69) is 12.2 Å². The Morgan fingerprint density at radius 1 is 1.13 bits per heavy atom. The predicted molar refractivity (Wildman–Crippen MR) is 112 cm³/mol. The van der Waals surface area contributed by atoms with Gasteiger partial charge in [-0.15, -0.1) is 0 Å². The van der Waals surface area contributed by atoms with Crippen LogP contribution in [0, 0.1) is 12.7 Å². The molecule has 1 aliphatic rings. The van der Waals surface area contributed by atoms with Gasteiger partial charge in [-0.2, -0.15) is 0 Å². The van der Waals surface area contributed by atoms with Crippen molar-refractivity contribution in [1.29, 1.82) is 0 Å². The van der Waals surface area contributed by atoms with Crippen LogP contribution in [0.25, 0.3) is 0 Å². The zero-order valence-electron chi connectivity index (χ0n) is 17.7. The Hall–Kier alpha value is -2.83. The fraction of sp³-hybridized carbons (Fsp3) is 0.478. The molecule has 0 bridgehead atoms. The van der Waals surface area contributed by atoms with Gasteiger partial charge < -0.3 is 19.5 Å². The number of urea groups is 1. The number of benzene rings is 1. The molecular formula is C23H30FN3O3. The molecule has 1 heterocycles. The van der Waals surface area contributed by atoms with E-state index < -0.39 is 0 Å². The topological polar surface area (TPSA) is 65.8 Å². The van der Waals surface area contributed by atoms with Crippen LogP contribution in [-0.4, -0.2) is 40.9 Å². The molecule has 0 unspecified atom stereocenters. The number of hydrogen-bond acceptors (Lipinski definition) is 3. The second kappa shape index (κ2) is 10.3. The van der Waals surface area contributed by atoms with Crippen LogP contribution in [0.1, 0.15) is 49.7 Å². The van der Waals surface area contributed by atoms with Crippen LogP contribution in [0.5, 0.6) is 0 Å². The Labute approximate surface area is 177 Å². The zero-order chi connectivity index (χ0) is 21.5. The monoisotopic (exact) mass is 415 g/mol. The summed E-state index contributed by atoms with van der Waals surface area (Å²) in [6.07, 6.45) is 3.75. The Balaban J connectivity index is 1.70. The quantitative estimate of drug-likeness (QED) is 0.591. The maximum absolute atomic E-state index is 13.3. The summed E-state index contributed by atoms with van der Waals surface area (Å²) in [6, 6.07) is 9.73. The number of nitrogens with one attached hydrogen (secondary N) is 1. The van der Waals surface area contributed by atoms with Crippen molar-refractivity contribution in [3.63, 3.8) is 0 Å². The SMILES string of the molecule is CCCCNC(=O)N(CC(=O)N(Cc1ccc(F)cc1)Cc1ccc(C)o1)C1CC1. The molecule has 0 aliphatic heterocycles. The zero-order valence-corrected chi connectivity index (χ0v) is 17.7. The number of amides is 3. The van der Waals surface area contributed by atoms with Gasteiger partial charge in [-0.1, -0.05) is 25.5 Å². The summed E-state index contributed by atoms with van der Waals surface area (Å²) < 4.78 is 18.9. The van der Waals surface area contributed by atoms with Gasteiger partial charge in [-0.3, -0.25) is 4.79 Å².